The highest BCUT2D eigenvalue weighted by molar-refractivity contribution is 8.02. The zero-order chi connectivity index (χ0) is 4.69. The molecular formula is C6H9S. The van der Waals surface area contributed by atoms with Crippen LogP contribution in [0.15, 0.2) is 0 Å². The maximum absolute atomic E-state index is 2.10. The number of fused-ring (bicyclic) bond motifs is 2. The molecule has 39 valence electrons. The topological polar surface area (TPSA) is 0 Å². The van der Waals surface area contributed by atoms with Crippen molar-refractivity contribution in [3.63, 3.8) is 0 Å². The number of rotatable bonds is 0. The van der Waals surface area contributed by atoms with Gasteiger partial charge < -0.3 is 0 Å². The minimum absolute atomic E-state index is 1.12. The van der Waals surface area contributed by atoms with Gasteiger partial charge in [0.2, 0.25) is 0 Å². The number of thioether (sulfide) groups is 1. The predicted molar refractivity (Wildman–Crippen MR) is 33.0 cm³/mol. The second kappa shape index (κ2) is 1.41. The van der Waals surface area contributed by atoms with Crippen molar-refractivity contribution in [3.8, 4) is 0 Å². The van der Waals surface area contributed by atoms with Crippen molar-refractivity contribution in [1.82, 2.24) is 0 Å². The maximum Gasteiger partial charge on any atom is 0.0312 e. The molecule has 1 aliphatic carbocycles. The third-order valence-electron chi connectivity index (χ3n) is 1.86. The van der Waals surface area contributed by atoms with Crippen LogP contribution in [0.25, 0.3) is 0 Å². The van der Waals surface area contributed by atoms with E-state index in [1.54, 1.807) is 5.25 Å². The molecule has 0 aromatic heterocycles. The molecule has 0 amide bonds. The molecule has 2 aliphatic heterocycles. The fraction of sp³-hybridized carbons (Fsp3) is 0.833. The normalized spacial score (nSPS) is 32.6. The molecule has 1 radical (unpaired) electrons. The Hall–Kier alpha value is 0.350. The van der Waals surface area contributed by atoms with Crippen LogP contribution in [0.4, 0.5) is 0 Å². The Morgan fingerprint density at radius 1 is 1.43 bits per heavy atom. The predicted octanol–water partition coefficient (Wildman–Crippen LogP) is 2.07. The smallest absolute Gasteiger partial charge is 0.0312 e. The summed E-state index contributed by atoms with van der Waals surface area (Å²) in [5.41, 5.74) is 0. The zero-order valence-electron chi connectivity index (χ0n) is 4.31. The minimum atomic E-state index is 1.12. The molecule has 3 rings (SSSR count). The summed E-state index contributed by atoms with van der Waals surface area (Å²) < 4.78 is 0. The van der Waals surface area contributed by atoms with Gasteiger partial charge in [-0.05, 0) is 30.9 Å². The first-order valence-corrected chi connectivity index (χ1v) is 3.91. The quantitative estimate of drug-likeness (QED) is 0.463. The van der Waals surface area contributed by atoms with Gasteiger partial charge in [-0.25, -0.2) is 0 Å². The van der Waals surface area contributed by atoms with E-state index in [2.05, 4.69) is 11.8 Å². The third-order valence-corrected chi connectivity index (χ3v) is 3.05. The largest absolute Gasteiger partial charge is 0.154 e. The Labute approximate surface area is 48.7 Å². The van der Waals surface area contributed by atoms with Gasteiger partial charge in [0.05, 0.1) is 0 Å². The van der Waals surface area contributed by atoms with E-state index in [9.17, 15) is 0 Å². The number of hydrogen-bond acceptors (Lipinski definition) is 1. The molecule has 0 aromatic rings. The van der Waals surface area contributed by atoms with Crippen LogP contribution >= 0.6 is 11.8 Å². The van der Waals surface area contributed by atoms with Gasteiger partial charge in [-0.1, -0.05) is 0 Å². The maximum atomic E-state index is 2.10. The Balaban J connectivity index is 1.99. The second-order valence-electron chi connectivity index (χ2n) is 2.45. The van der Waals surface area contributed by atoms with Gasteiger partial charge in [-0.15, -0.1) is 0 Å². The third kappa shape index (κ3) is 0.584. The molecular weight excluding hydrogens is 104 g/mol. The summed E-state index contributed by atoms with van der Waals surface area (Å²) in [5.74, 6) is 2.54. The van der Waals surface area contributed by atoms with Gasteiger partial charge in [0.1, 0.15) is 0 Å². The van der Waals surface area contributed by atoms with Crippen LogP contribution in [-0.2, 0) is 0 Å². The molecule has 0 N–H and O–H groups in total. The average Bonchev–Trinajstić information content (AvgIpc) is 1.67. The van der Waals surface area contributed by atoms with Crippen molar-refractivity contribution < 1.29 is 0 Å². The molecule has 1 saturated carbocycles. The summed E-state index contributed by atoms with van der Waals surface area (Å²) in [5, 5.41) is 1.77. The van der Waals surface area contributed by atoms with E-state index in [1.807, 2.05) is 0 Å². The fourth-order valence-electron chi connectivity index (χ4n) is 1.28. The molecule has 1 heteroatoms. The molecule has 3 aliphatic rings. The lowest BCUT2D eigenvalue weighted by molar-refractivity contribution is 0.372. The molecule has 2 saturated heterocycles. The van der Waals surface area contributed by atoms with Crippen LogP contribution in [0.3, 0.4) is 0 Å². The highest BCUT2D eigenvalue weighted by Crippen LogP contribution is 2.50. The molecule has 2 bridgehead atoms. The zero-order valence-corrected chi connectivity index (χ0v) is 5.13. The van der Waals surface area contributed by atoms with E-state index >= 15 is 0 Å². The van der Waals surface area contributed by atoms with Gasteiger partial charge in [-0.2, -0.15) is 11.8 Å². The Bertz CT molecular complexity index is 60.7. The second-order valence-corrected chi connectivity index (χ2v) is 3.72. The monoisotopic (exact) mass is 113 g/mol. The van der Waals surface area contributed by atoms with Crippen LogP contribution in [0.5, 0.6) is 0 Å². The molecule has 0 atom stereocenters. The van der Waals surface area contributed by atoms with Gasteiger partial charge in [0, 0.05) is 5.25 Å². The highest BCUT2D eigenvalue weighted by atomic mass is 32.2. The summed E-state index contributed by atoms with van der Waals surface area (Å²) in [6, 6.07) is 0. The van der Waals surface area contributed by atoms with Crippen LogP contribution < -0.4 is 0 Å². The van der Waals surface area contributed by atoms with Gasteiger partial charge in [0.25, 0.3) is 0 Å². The van der Waals surface area contributed by atoms with E-state index in [0.29, 0.717) is 0 Å². The molecule has 7 heavy (non-hydrogen) atoms. The first-order chi connectivity index (χ1) is 3.45. The Morgan fingerprint density at radius 3 is 2.43 bits per heavy atom. The Morgan fingerprint density at radius 2 is 2.29 bits per heavy atom. The minimum Gasteiger partial charge on any atom is -0.154 e. The summed E-state index contributed by atoms with van der Waals surface area (Å²) in [6.07, 6.45) is 4.42. The van der Waals surface area contributed by atoms with Crippen molar-refractivity contribution in [3.05, 3.63) is 5.25 Å². The lowest BCUT2D eigenvalue weighted by Crippen LogP contribution is -2.25. The number of hydrogen-bond donors (Lipinski definition) is 0. The highest BCUT2D eigenvalue weighted by Gasteiger charge is 2.33. The standard InChI is InChI=1S/C6H9S/c1-2-7-6-3-5(1)4-6/h5H,1-4H2. The average molecular weight is 113 g/mol. The van der Waals surface area contributed by atoms with Crippen molar-refractivity contribution in [1.29, 1.82) is 0 Å². The first-order valence-electron chi connectivity index (χ1n) is 2.92. The molecule has 2 heterocycles. The molecule has 0 nitrogen and oxygen atoms in total. The van der Waals surface area contributed by atoms with Crippen molar-refractivity contribution >= 4 is 11.8 Å². The van der Waals surface area contributed by atoms with Gasteiger partial charge in [-0.3, -0.25) is 0 Å². The Kier molecular flexibility index (Phi) is 0.857. The molecule has 0 unspecified atom stereocenters. The summed E-state index contributed by atoms with van der Waals surface area (Å²) >= 11 is 2.10. The van der Waals surface area contributed by atoms with E-state index in [1.165, 1.54) is 25.0 Å². The van der Waals surface area contributed by atoms with Crippen LogP contribution in [0, 0.1) is 11.2 Å². The van der Waals surface area contributed by atoms with E-state index in [0.717, 1.165) is 5.92 Å². The van der Waals surface area contributed by atoms with Crippen LogP contribution in [0.1, 0.15) is 19.3 Å². The SMILES string of the molecule is C1CC2C[C](C2)S1. The van der Waals surface area contributed by atoms with Gasteiger partial charge >= 0.3 is 0 Å². The van der Waals surface area contributed by atoms with Crippen molar-refractivity contribution in [2.24, 2.45) is 5.92 Å². The summed E-state index contributed by atoms with van der Waals surface area (Å²) in [6.45, 7) is 0. The van der Waals surface area contributed by atoms with E-state index in [4.69, 9.17) is 0 Å². The molecule has 0 spiro atoms. The fourth-order valence-corrected chi connectivity index (χ4v) is 2.72. The summed E-state index contributed by atoms with van der Waals surface area (Å²) in [7, 11) is 0. The van der Waals surface area contributed by atoms with Crippen LogP contribution in [0.2, 0.25) is 0 Å². The first kappa shape index (κ1) is 4.25. The van der Waals surface area contributed by atoms with Crippen LogP contribution in [-0.4, -0.2) is 5.75 Å². The lowest BCUT2D eigenvalue weighted by Gasteiger charge is -2.39. The van der Waals surface area contributed by atoms with Crippen molar-refractivity contribution in [2.45, 2.75) is 19.3 Å². The molecule has 0 aromatic carbocycles. The van der Waals surface area contributed by atoms with Gasteiger partial charge in [0.15, 0.2) is 0 Å². The van der Waals surface area contributed by atoms with E-state index in [-0.39, 0.29) is 0 Å². The van der Waals surface area contributed by atoms with E-state index < -0.39 is 0 Å². The lowest BCUT2D eigenvalue weighted by atomic mass is 9.82. The van der Waals surface area contributed by atoms with Crippen molar-refractivity contribution in [2.75, 3.05) is 5.75 Å². The summed E-state index contributed by atoms with van der Waals surface area (Å²) in [4.78, 5) is 0. The molecule has 3 fully saturated rings.